The summed E-state index contributed by atoms with van der Waals surface area (Å²) in [4.78, 5) is 28.0. The van der Waals surface area contributed by atoms with Gasteiger partial charge in [-0.25, -0.2) is 0 Å². The molecule has 6 nitrogen and oxygen atoms in total. The molecule has 0 saturated carbocycles. The summed E-state index contributed by atoms with van der Waals surface area (Å²) < 4.78 is 16.4. The number of carbonyl (C=O) groups excluding carboxylic acids is 2. The van der Waals surface area contributed by atoms with Gasteiger partial charge in [0.2, 0.25) is 5.75 Å². The Hall–Kier alpha value is -3.02. The number of rotatable bonds is 6. The van der Waals surface area contributed by atoms with Crippen LogP contribution in [-0.4, -0.2) is 50.0 Å². The Morgan fingerprint density at radius 2 is 1.45 bits per heavy atom. The molecule has 0 aromatic heterocycles. The summed E-state index contributed by atoms with van der Waals surface area (Å²) in [7, 11) is 4.57. The quantitative estimate of drug-likeness (QED) is 0.624. The minimum absolute atomic E-state index is 0.0530. The SMILES string of the molecule is COc1cc2c(c(OC)c1OC)-c1ccc(C(=O)N(C(C)C)C(C)C)cc1C2=O. The second-order valence-corrected chi connectivity index (χ2v) is 7.56. The van der Waals surface area contributed by atoms with E-state index in [1.807, 2.05) is 27.7 Å². The van der Waals surface area contributed by atoms with E-state index in [0.717, 1.165) is 5.56 Å². The summed E-state index contributed by atoms with van der Waals surface area (Å²) >= 11 is 0. The van der Waals surface area contributed by atoms with Crippen LogP contribution in [0.4, 0.5) is 0 Å². The molecule has 3 rings (SSSR count). The summed E-state index contributed by atoms with van der Waals surface area (Å²) in [5.41, 5.74) is 2.83. The second kappa shape index (κ2) is 7.78. The van der Waals surface area contributed by atoms with Crippen LogP contribution >= 0.6 is 0 Å². The number of amides is 1. The van der Waals surface area contributed by atoms with Gasteiger partial charge in [-0.15, -0.1) is 0 Å². The maximum atomic E-state index is 13.2. The molecule has 0 spiro atoms. The normalized spacial score (nSPS) is 12.1. The van der Waals surface area contributed by atoms with E-state index in [4.69, 9.17) is 14.2 Å². The van der Waals surface area contributed by atoms with Gasteiger partial charge >= 0.3 is 0 Å². The topological polar surface area (TPSA) is 65.1 Å². The molecule has 1 amide bonds. The number of ether oxygens (including phenoxy) is 3. The summed E-state index contributed by atoms with van der Waals surface area (Å²) in [5.74, 6) is 1.04. The molecular weight excluding hydrogens is 370 g/mol. The predicted molar refractivity (Wildman–Crippen MR) is 111 cm³/mol. The summed E-state index contributed by atoms with van der Waals surface area (Å²) in [6.07, 6.45) is 0. The van der Waals surface area contributed by atoms with Crippen LogP contribution in [0.3, 0.4) is 0 Å². The molecule has 1 aliphatic rings. The molecule has 29 heavy (non-hydrogen) atoms. The third-order valence-electron chi connectivity index (χ3n) is 5.20. The van der Waals surface area contributed by atoms with Gasteiger partial charge in [0, 0.05) is 34.3 Å². The van der Waals surface area contributed by atoms with Gasteiger partial charge in [0.25, 0.3) is 5.91 Å². The highest BCUT2D eigenvalue weighted by atomic mass is 16.5. The molecule has 0 bridgehead atoms. The fourth-order valence-corrected chi connectivity index (χ4v) is 4.05. The highest BCUT2D eigenvalue weighted by molar-refractivity contribution is 6.24. The highest BCUT2D eigenvalue weighted by Crippen LogP contribution is 2.51. The van der Waals surface area contributed by atoms with Crippen LogP contribution in [0.2, 0.25) is 0 Å². The molecule has 0 fully saturated rings. The Morgan fingerprint density at radius 1 is 0.828 bits per heavy atom. The minimum Gasteiger partial charge on any atom is -0.493 e. The first kappa shape index (κ1) is 20.7. The van der Waals surface area contributed by atoms with Gasteiger partial charge in [-0.1, -0.05) is 6.07 Å². The lowest BCUT2D eigenvalue weighted by Crippen LogP contribution is -2.42. The number of carbonyl (C=O) groups is 2. The van der Waals surface area contributed by atoms with Gasteiger partial charge in [0.1, 0.15) is 0 Å². The fraction of sp³-hybridized carbons (Fsp3) is 0.391. The second-order valence-electron chi connectivity index (χ2n) is 7.56. The van der Waals surface area contributed by atoms with E-state index >= 15 is 0 Å². The smallest absolute Gasteiger partial charge is 0.254 e. The van der Waals surface area contributed by atoms with Gasteiger partial charge in [-0.05, 0) is 51.5 Å². The lowest BCUT2D eigenvalue weighted by atomic mass is 10.0. The molecule has 2 aromatic carbocycles. The summed E-state index contributed by atoms with van der Waals surface area (Å²) in [5, 5.41) is 0. The van der Waals surface area contributed by atoms with Gasteiger partial charge in [-0.3, -0.25) is 9.59 Å². The van der Waals surface area contributed by atoms with Crippen LogP contribution in [-0.2, 0) is 0 Å². The molecule has 0 saturated heterocycles. The maximum Gasteiger partial charge on any atom is 0.254 e. The van der Waals surface area contributed by atoms with Crippen LogP contribution in [0.15, 0.2) is 24.3 Å². The molecule has 1 aliphatic carbocycles. The lowest BCUT2D eigenvalue weighted by Gasteiger charge is -2.31. The standard InChI is InChI=1S/C23H27NO5/c1-12(2)24(13(3)4)23(26)14-8-9-15-16(10-14)20(25)17-11-18(27-5)21(28-6)22(29-7)19(15)17/h8-13H,1-7H3. The van der Waals surface area contributed by atoms with Crippen molar-refractivity contribution in [3.8, 4) is 28.4 Å². The number of hydrogen-bond donors (Lipinski definition) is 0. The predicted octanol–water partition coefficient (Wildman–Crippen LogP) is 4.18. The molecule has 0 unspecified atom stereocenters. The molecule has 0 heterocycles. The van der Waals surface area contributed by atoms with Crippen molar-refractivity contribution in [2.24, 2.45) is 0 Å². The van der Waals surface area contributed by atoms with E-state index in [-0.39, 0.29) is 23.8 Å². The number of methoxy groups -OCH3 is 3. The Kier molecular flexibility index (Phi) is 5.55. The van der Waals surface area contributed by atoms with E-state index in [0.29, 0.717) is 39.5 Å². The van der Waals surface area contributed by atoms with Crippen LogP contribution < -0.4 is 14.2 Å². The van der Waals surface area contributed by atoms with E-state index in [9.17, 15) is 9.59 Å². The molecule has 154 valence electrons. The Morgan fingerprint density at radius 3 is 1.97 bits per heavy atom. The molecule has 2 aromatic rings. The maximum absolute atomic E-state index is 13.2. The van der Waals surface area contributed by atoms with Crippen LogP contribution in [0.25, 0.3) is 11.1 Å². The fourth-order valence-electron chi connectivity index (χ4n) is 4.05. The monoisotopic (exact) mass is 397 g/mol. The number of hydrogen-bond acceptors (Lipinski definition) is 5. The van der Waals surface area contributed by atoms with Crippen molar-refractivity contribution in [1.29, 1.82) is 0 Å². The van der Waals surface area contributed by atoms with Crippen molar-refractivity contribution in [3.05, 3.63) is 41.0 Å². The van der Waals surface area contributed by atoms with Gasteiger partial charge < -0.3 is 19.1 Å². The molecule has 0 radical (unpaired) electrons. The zero-order valence-electron chi connectivity index (χ0n) is 18.0. The number of ketones is 1. The van der Waals surface area contributed by atoms with Gasteiger partial charge in [0.05, 0.1) is 21.3 Å². The minimum atomic E-state index is -0.162. The molecule has 0 aliphatic heterocycles. The van der Waals surface area contributed by atoms with E-state index in [2.05, 4.69) is 0 Å². The first-order valence-corrected chi connectivity index (χ1v) is 9.61. The van der Waals surface area contributed by atoms with Crippen molar-refractivity contribution in [1.82, 2.24) is 4.90 Å². The third kappa shape index (κ3) is 3.22. The van der Waals surface area contributed by atoms with Crippen LogP contribution in [0.5, 0.6) is 17.2 Å². The van der Waals surface area contributed by atoms with Crippen LogP contribution in [0.1, 0.15) is 54.0 Å². The van der Waals surface area contributed by atoms with Gasteiger partial charge in [-0.2, -0.15) is 0 Å². The largest absolute Gasteiger partial charge is 0.493 e. The summed E-state index contributed by atoms with van der Waals surface area (Å²) in [6.45, 7) is 7.93. The number of fused-ring (bicyclic) bond motifs is 3. The first-order valence-electron chi connectivity index (χ1n) is 9.61. The average molecular weight is 397 g/mol. The third-order valence-corrected chi connectivity index (χ3v) is 5.20. The van der Waals surface area contributed by atoms with Crippen molar-refractivity contribution < 1.29 is 23.8 Å². The summed E-state index contributed by atoms with van der Waals surface area (Å²) in [6, 6.07) is 7.01. The number of benzene rings is 2. The lowest BCUT2D eigenvalue weighted by molar-refractivity contribution is 0.0643. The average Bonchev–Trinajstić information content (AvgIpc) is 2.97. The Bertz CT molecular complexity index is 970. The molecule has 0 N–H and O–H groups in total. The van der Waals surface area contributed by atoms with E-state index in [1.54, 1.807) is 29.2 Å². The highest BCUT2D eigenvalue weighted by Gasteiger charge is 2.34. The zero-order chi connectivity index (χ0) is 21.5. The first-order chi connectivity index (χ1) is 13.8. The molecular formula is C23H27NO5. The van der Waals surface area contributed by atoms with E-state index < -0.39 is 0 Å². The van der Waals surface area contributed by atoms with E-state index in [1.165, 1.54) is 21.3 Å². The van der Waals surface area contributed by atoms with Gasteiger partial charge in [0.15, 0.2) is 17.3 Å². The zero-order valence-corrected chi connectivity index (χ0v) is 18.0. The number of nitrogens with zero attached hydrogens (tertiary/aromatic N) is 1. The molecule has 6 heteroatoms. The van der Waals surface area contributed by atoms with Crippen molar-refractivity contribution >= 4 is 11.7 Å². The van der Waals surface area contributed by atoms with Crippen molar-refractivity contribution in [3.63, 3.8) is 0 Å². The van der Waals surface area contributed by atoms with Crippen molar-refractivity contribution in [2.75, 3.05) is 21.3 Å². The van der Waals surface area contributed by atoms with Crippen LogP contribution in [0, 0.1) is 0 Å². The molecule has 0 atom stereocenters. The Labute approximate surface area is 171 Å². The Balaban J connectivity index is 2.16. The van der Waals surface area contributed by atoms with Crippen molar-refractivity contribution in [2.45, 2.75) is 39.8 Å².